The summed E-state index contributed by atoms with van der Waals surface area (Å²) in [5, 5.41) is 8.59. The van der Waals surface area contributed by atoms with Crippen LogP contribution in [0.5, 0.6) is 0 Å². The number of rotatable bonds is 6. The highest BCUT2D eigenvalue weighted by atomic mass is 32.2. The van der Waals surface area contributed by atoms with Crippen LogP contribution in [0.25, 0.3) is 0 Å². The fourth-order valence-corrected chi connectivity index (χ4v) is 6.12. The summed E-state index contributed by atoms with van der Waals surface area (Å²) in [5.74, 6) is -0.516. The zero-order chi connectivity index (χ0) is 20.7. The Balaban J connectivity index is 1.55. The van der Waals surface area contributed by atoms with Crippen molar-refractivity contribution >= 4 is 46.7 Å². The number of aryl methyl sites for hydroxylation is 2. The molecule has 1 saturated heterocycles. The molecule has 2 aliphatic heterocycles. The molecule has 13 heteroatoms. The van der Waals surface area contributed by atoms with Crippen molar-refractivity contribution in [3.63, 3.8) is 0 Å². The van der Waals surface area contributed by atoms with Crippen molar-refractivity contribution in [1.29, 1.82) is 0 Å². The lowest BCUT2D eigenvalue weighted by Gasteiger charge is -2.48. The van der Waals surface area contributed by atoms with E-state index in [2.05, 4.69) is 10.2 Å². The molecule has 154 valence electrons. The summed E-state index contributed by atoms with van der Waals surface area (Å²) >= 11 is 4.40. The highest BCUT2D eigenvalue weighted by Gasteiger charge is 2.52. The number of thioether (sulfide) groups is 2. The molecule has 0 aromatic carbocycles. The van der Waals surface area contributed by atoms with Gasteiger partial charge in [0.05, 0.1) is 0 Å². The number of hydrogen-bond donors (Lipinski definition) is 1. The van der Waals surface area contributed by atoms with Gasteiger partial charge in [0.1, 0.15) is 22.1 Å². The molecule has 10 nitrogen and oxygen atoms in total. The maximum absolute atomic E-state index is 12.8. The molecule has 4 rings (SSSR count). The number of carbonyl (C=O) groups excluding carboxylic acids is 2. The van der Waals surface area contributed by atoms with Gasteiger partial charge in [-0.1, -0.05) is 23.1 Å². The quantitative estimate of drug-likeness (QED) is 0.378. The number of amides is 1. The van der Waals surface area contributed by atoms with Crippen LogP contribution >= 0.6 is 34.9 Å². The van der Waals surface area contributed by atoms with Crippen LogP contribution in [-0.4, -0.2) is 49.9 Å². The van der Waals surface area contributed by atoms with E-state index in [1.54, 1.807) is 0 Å². The van der Waals surface area contributed by atoms with Gasteiger partial charge in [0, 0.05) is 11.5 Å². The number of esters is 1. The first-order valence-corrected chi connectivity index (χ1v) is 11.3. The van der Waals surface area contributed by atoms with Crippen molar-refractivity contribution in [2.75, 3.05) is 11.5 Å². The molecule has 2 atom stereocenters. The lowest BCUT2D eigenvalue weighted by Crippen LogP contribution is -2.68. The average molecular weight is 457 g/mol. The molecule has 0 bridgehead atoms. The molecule has 1 amide bonds. The first-order chi connectivity index (χ1) is 13.8. The molecule has 1 fully saturated rings. The zero-order valence-corrected chi connectivity index (χ0v) is 17.8. The Bertz CT molecular complexity index is 1060. The number of carbonyl (C=O) groups is 2. The third-order valence-electron chi connectivity index (χ3n) is 4.33. The molecule has 0 saturated carbocycles. The molecule has 0 radical (unpaired) electrons. The minimum atomic E-state index is -0.866. The predicted molar refractivity (Wildman–Crippen MR) is 105 cm³/mol. The molecular weight excluding hydrogens is 440 g/mol. The molecule has 29 heavy (non-hydrogen) atoms. The monoisotopic (exact) mass is 456 g/mol. The van der Waals surface area contributed by atoms with Gasteiger partial charge in [0.2, 0.25) is 5.91 Å². The molecule has 2 N–H and O–H groups in total. The number of hydrogen-bond acceptors (Lipinski definition) is 12. The lowest BCUT2D eigenvalue weighted by atomic mass is 10.0. The van der Waals surface area contributed by atoms with Gasteiger partial charge in [0.15, 0.2) is 22.5 Å². The smallest absolute Gasteiger partial charge is 0.453 e. The van der Waals surface area contributed by atoms with Crippen molar-refractivity contribution in [3.8, 4) is 0 Å². The van der Waals surface area contributed by atoms with Crippen LogP contribution < -0.4 is 11.6 Å². The van der Waals surface area contributed by atoms with Crippen LogP contribution in [0, 0.1) is 13.8 Å². The van der Waals surface area contributed by atoms with Gasteiger partial charge in [-0.3, -0.25) is 9.69 Å². The number of fused-ring (bicyclic) bond motifs is 1. The van der Waals surface area contributed by atoms with Crippen LogP contribution in [0.3, 0.4) is 0 Å². The van der Waals surface area contributed by atoms with Crippen molar-refractivity contribution in [2.24, 2.45) is 5.73 Å². The Labute approximate surface area is 176 Å². The normalized spacial score (nSPS) is 21.2. The van der Waals surface area contributed by atoms with Gasteiger partial charge in [-0.2, -0.15) is 0 Å². The van der Waals surface area contributed by atoms with Gasteiger partial charge in [0.25, 0.3) is 0 Å². The number of aromatic nitrogens is 2. The highest BCUT2D eigenvalue weighted by Crippen LogP contribution is 2.41. The molecule has 4 heterocycles. The van der Waals surface area contributed by atoms with E-state index in [1.165, 1.54) is 46.7 Å². The third-order valence-corrected chi connectivity index (χ3v) is 7.75. The lowest BCUT2D eigenvalue weighted by molar-refractivity contribution is -0.151. The van der Waals surface area contributed by atoms with E-state index in [9.17, 15) is 14.4 Å². The number of nitrogens with two attached hydrogens (primary N) is 1. The van der Waals surface area contributed by atoms with Gasteiger partial charge in [-0.15, -0.1) is 22.0 Å². The van der Waals surface area contributed by atoms with Crippen molar-refractivity contribution in [1.82, 2.24) is 15.1 Å². The van der Waals surface area contributed by atoms with E-state index in [4.69, 9.17) is 19.3 Å². The molecule has 2 aromatic rings. The first kappa shape index (κ1) is 20.2. The summed E-state index contributed by atoms with van der Waals surface area (Å²) in [6.07, 6.45) is 0. The molecule has 2 aromatic heterocycles. The third kappa shape index (κ3) is 3.86. The Morgan fingerprint density at radius 1 is 1.34 bits per heavy atom. The largest absolute Gasteiger partial charge is 0.519 e. The summed E-state index contributed by atoms with van der Waals surface area (Å²) in [6.45, 7) is 3.12. The molecule has 2 aliphatic rings. The molecule has 0 aliphatic carbocycles. The fourth-order valence-electron chi connectivity index (χ4n) is 2.87. The Kier molecular flexibility index (Phi) is 5.55. The van der Waals surface area contributed by atoms with Crippen LogP contribution in [0.15, 0.2) is 29.2 Å². The van der Waals surface area contributed by atoms with Crippen molar-refractivity contribution in [3.05, 3.63) is 38.4 Å². The number of ether oxygens (including phenoxy) is 1. The summed E-state index contributed by atoms with van der Waals surface area (Å²) in [5.41, 5.74) is 6.81. The van der Waals surface area contributed by atoms with Gasteiger partial charge < -0.3 is 19.3 Å². The summed E-state index contributed by atoms with van der Waals surface area (Å²) < 4.78 is 15.7. The highest BCUT2D eigenvalue weighted by molar-refractivity contribution is 8.01. The standard InChI is InChI=1S/C16H16N4O6S3/c1-6-9(26-16(23)25-6)3-24-14(22)11-8(5-28-15-19-18-7(2)29-15)4-27-13-10(17)12(21)20(11)13/h10,13H,3-5,17H2,1-2H3/t10?,13-/m0/s1. The Morgan fingerprint density at radius 3 is 2.79 bits per heavy atom. The van der Waals surface area contributed by atoms with Crippen LogP contribution in [-0.2, 0) is 20.9 Å². The number of nitrogens with zero attached hydrogens (tertiary/aromatic N) is 3. The Hall–Kier alpha value is -2.09. The molecular formula is C16H16N4O6S3. The summed E-state index contributed by atoms with van der Waals surface area (Å²) in [6, 6.07) is -0.642. The topological polar surface area (TPSA) is 142 Å². The second-order valence-corrected chi connectivity index (χ2v) is 9.78. The summed E-state index contributed by atoms with van der Waals surface area (Å²) in [7, 11) is 0. The van der Waals surface area contributed by atoms with E-state index in [1.807, 2.05) is 6.92 Å². The van der Waals surface area contributed by atoms with Crippen LogP contribution in [0.1, 0.15) is 16.5 Å². The van der Waals surface area contributed by atoms with E-state index in [0.717, 1.165) is 14.9 Å². The minimum absolute atomic E-state index is 0.123. The van der Waals surface area contributed by atoms with Crippen molar-refractivity contribution in [2.45, 2.75) is 36.2 Å². The zero-order valence-electron chi connectivity index (χ0n) is 15.4. The Morgan fingerprint density at radius 2 is 2.14 bits per heavy atom. The maximum atomic E-state index is 12.8. The second-order valence-electron chi connectivity index (χ2n) is 6.27. The van der Waals surface area contributed by atoms with Crippen LogP contribution in [0.2, 0.25) is 0 Å². The first-order valence-electron chi connectivity index (χ1n) is 8.47. The average Bonchev–Trinajstić information content (AvgIpc) is 3.26. The van der Waals surface area contributed by atoms with E-state index >= 15 is 0 Å². The number of β-lactam (4-membered cyclic amide) rings is 1. The predicted octanol–water partition coefficient (Wildman–Crippen LogP) is 1.03. The van der Waals surface area contributed by atoms with E-state index < -0.39 is 17.8 Å². The van der Waals surface area contributed by atoms with Gasteiger partial charge in [-0.25, -0.2) is 9.59 Å². The molecule has 0 spiro atoms. The summed E-state index contributed by atoms with van der Waals surface area (Å²) in [4.78, 5) is 37.7. The molecule has 1 unspecified atom stereocenters. The van der Waals surface area contributed by atoms with Crippen molar-refractivity contribution < 1.29 is 23.2 Å². The van der Waals surface area contributed by atoms with E-state index in [0.29, 0.717) is 11.5 Å². The second kappa shape index (κ2) is 7.97. The van der Waals surface area contributed by atoms with E-state index in [-0.39, 0.29) is 35.1 Å². The minimum Gasteiger partial charge on any atom is -0.453 e. The fraction of sp³-hybridized carbons (Fsp3) is 0.438. The van der Waals surface area contributed by atoms with Gasteiger partial charge in [-0.05, 0) is 19.4 Å². The van der Waals surface area contributed by atoms with Gasteiger partial charge >= 0.3 is 11.8 Å². The van der Waals surface area contributed by atoms with Crippen LogP contribution in [0.4, 0.5) is 0 Å². The maximum Gasteiger partial charge on any atom is 0.519 e. The SMILES string of the molecule is Cc1nnc(SCC2=C(C(=O)OCc3oc(=O)oc3C)N3C(=O)C(N)[C@@H]3SC2)s1.